The van der Waals surface area contributed by atoms with E-state index in [2.05, 4.69) is 27.1 Å². The molecule has 0 spiro atoms. The van der Waals surface area contributed by atoms with Crippen LogP contribution in [0.15, 0.2) is 48.9 Å². The molecule has 1 saturated heterocycles. The van der Waals surface area contributed by atoms with Crippen LogP contribution >= 0.6 is 0 Å². The Balaban J connectivity index is 1.56. The Morgan fingerprint density at radius 2 is 2.09 bits per heavy atom. The minimum absolute atomic E-state index is 0.0892. The molecule has 0 aromatic carbocycles. The number of piperidine rings is 1. The van der Waals surface area contributed by atoms with Crippen molar-refractivity contribution in [2.45, 2.75) is 18.8 Å². The number of amides is 1. The molecule has 0 unspecified atom stereocenters. The van der Waals surface area contributed by atoms with Crippen LogP contribution in [0, 0.1) is 0 Å². The van der Waals surface area contributed by atoms with Crippen LogP contribution < -0.4 is 0 Å². The number of hydrogen-bond acceptors (Lipinski definition) is 3. The summed E-state index contributed by atoms with van der Waals surface area (Å²) >= 11 is 0. The fourth-order valence-electron chi connectivity index (χ4n) is 3.29. The first-order valence-electron chi connectivity index (χ1n) is 7.94. The van der Waals surface area contributed by atoms with Crippen molar-refractivity contribution in [2.75, 3.05) is 13.1 Å². The van der Waals surface area contributed by atoms with Gasteiger partial charge in [0.1, 0.15) is 5.65 Å². The van der Waals surface area contributed by atoms with Gasteiger partial charge in [0, 0.05) is 54.2 Å². The van der Waals surface area contributed by atoms with Gasteiger partial charge in [-0.15, -0.1) is 0 Å². The van der Waals surface area contributed by atoms with Crippen molar-refractivity contribution < 1.29 is 4.79 Å². The number of nitrogens with one attached hydrogen (secondary N) is 1. The second-order valence-electron chi connectivity index (χ2n) is 5.99. The molecule has 116 valence electrons. The van der Waals surface area contributed by atoms with Crippen LogP contribution in [0.2, 0.25) is 0 Å². The molecule has 0 aliphatic carbocycles. The number of rotatable bonds is 2. The number of hydrogen-bond donors (Lipinski definition) is 1. The van der Waals surface area contributed by atoms with Crippen LogP contribution in [0.5, 0.6) is 0 Å². The second-order valence-corrected chi connectivity index (χ2v) is 5.99. The maximum Gasteiger partial charge on any atom is 0.253 e. The van der Waals surface area contributed by atoms with Crippen molar-refractivity contribution in [1.29, 1.82) is 0 Å². The van der Waals surface area contributed by atoms with Gasteiger partial charge in [-0.05, 0) is 43.2 Å². The maximum absolute atomic E-state index is 12.6. The lowest BCUT2D eigenvalue weighted by atomic mass is 9.94. The molecule has 1 aliphatic rings. The molecule has 23 heavy (non-hydrogen) atoms. The van der Waals surface area contributed by atoms with Crippen LogP contribution in [0.4, 0.5) is 0 Å². The Morgan fingerprint density at radius 1 is 1.22 bits per heavy atom. The molecule has 4 rings (SSSR count). The third-order valence-corrected chi connectivity index (χ3v) is 4.49. The molecule has 5 heteroatoms. The minimum Gasteiger partial charge on any atom is -0.343 e. The van der Waals surface area contributed by atoms with Gasteiger partial charge in [-0.1, -0.05) is 0 Å². The summed E-state index contributed by atoms with van der Waals surface area (Å²) in [6.45, 7) is 1.56. The predicted molar refractivity (Wildman–Crippen MR) is 88.2 cm³/mol. The minimum atomic E-state index is 0.0892. The molecular weight excluding hydrogens is 288 g/mol. The van der Waals surface area contributed by atoms with Gasteiger partial charge in [-0.2, -0.15) is 0 Å². The fourth-order valence-corrected chi connectivity index (χ4v) is 3.29. The molecule has 3 aromatic rings. The highest BCUT2D eigenvalue weighted by Gasteiger charge is 2.26. The molecule has 4 heterocycles. The number of pyridine rings is 2. The van der Waals surface area contributed by atoms with Crippen molar-refractivity contribution in [3.05, 3.63) is 60.2 Å². The van der Waals surface area contributed by atoms with E-state index in [-0.39, 0.29) is 5.91 Å². The van der Waals surface area contributed by atoms with Gasteiger partial charge in [0.05, 0.1) is 0 Å². The summed E-state index contributed by atoms with van der Waals surface area (Å²) in [6, 6.07) is 9.72. The average Bonchev–Trinajstić information content (AvgIpc) is 3.06. The largest absolute Gasteiger partial charge is 0.343 e. The van der Waals surface area contributed by atoms with Crippen molar-refractivity contribution in [3.63, 3.8) is 0 Å². The molecule has 1 fully saturated rings. The lowest BCUT2D eigenvalue weighted by Crippen LogP contribution is -2.39. The Bertz CT molecular complexity index is 794. The van der Waals surface area contributed by atoms with E-state index in [0.717, 1.165) is 37.0 Å². The number of carbonyl (C=O) groups excluding carboxylic acids is 1. The van der Waals surface area contributed by atoms with Gasteiger partial charge in [-0.3, -0.25) is 9.78 Å². The lowest BCUT2D eigenvalue weighted by Gasteiger charge is -2.32. The maximum atomic E-state index is 12.6. The van der Waals surface area contributed by atoms with Gasteiger partial charge in [-0.25, -0.2) is 4.98 Å². The predicted octanol–water partition coefficient (Wildman–Crippen LogP) is 2.98. The molecule has 0 bridgehead atoms. The van der Waals surface area contributed by atoms with E-state index in [4.69, 9.17) is 0 Å². The zero-order valence-corrected chi connectivity index (χ0v) is 12.8. The van der Waals surface area contributed by atoms with E-state index in [1.165, 1.54) is 5.69 Å². The quantitative estimate of drug-likeness (QED) is 0.791. The lowest BCUT2D eigenvalue weighted by molar-refractivity contribution is 0.0706. The van der Waals surface area contributed by atoms with E-state index in [1.807, 2.05) is 11.0 Å². The van der Waals surface area contributed by atoms with E-state index in [0.29, 0.717) is 11.5 Å². The van der Waals surface area contributed by atoms with Crippen LogP contribution in [-0.4, -0.2) is 38.8 Å². The van der Waals surface area contributed by atoms with Crippen LogP contribution in [0.1, 0.15) is 34.8 Å². The molecule has 1 N–H and O–H groups in total. The van der Waals surface area contributed by atoms with Crippen LogP contribution in [0.3, 0.4) is 0 Å². The Labute approximate surface area is 134 Å². The van der Waals surface area contributed by atoms with Crippen molar-refractivity contribution >= 4 is 16.9 Å². The van der Waals surface area contributed by atoms with Gasteiger partial charge >= 0.3 is 0 Å². The highest BCUT2D eigenvalue weighted by Crippen LogP contribution is 2.29. The summed E-state index contributed by atoms with van der Waals surface area (Å²) in [5, 5.41) is 1.13. The van der Waals surface area contributed by atoms with Crippen molar-refractivity contribution in [1.82, 2.24) is 19.9 Å². The number of aromatic nitrogens is 3. The molecule has 0 saturated carbocycles. The number of fused-ring (bicyclic) bond motifs is 1. The zero-order valence-electron chi connectivity index (χ0n) is 12.8. The van der Waals surface area contributed by atoms with E-state index in [1.54, 1.807) is 30.7 Å². The molecule has 1 amide bonds. The fraction of sp³-hybridized carbons (Fsp3) is 0.278. The zero-order chi connectivity index (χ0) is 15.6. The molecule has 1 aliphatic heterocycles. The smallest absolute Gasteiger partial charge is 0.253 e. The molecule has 1 atom stereocenters. The first kappa shape index (κ1) is 13.9. The number of nitrogens with zero attached hydrogens (tertiary/aromatic N) is 3. The summed E-state index contributed by atoms with van der Waals surface area (Å²) in [6.07, 6.45) is 7.23. The molecule has 5 nitrogen and oxygen atoms in total. The summed E-state index contributed by atoms with van der Waals surface area (Å²) < 4.78 is 0. The van der Waals surface area contributed by atoms with Gasteiger partial charge < -0.3 is 9.88 Å². The Hall–Kier alpha value is -2.69. The van der Waals surface area contributed by atoms with Gasteiger partial charge in [0.2, 0.25) is 0 Å². The Morgan fingerprint density at radius 3 is 2.91 bits per heavy atom. The third kappa shape index (κ3) is 2.70. The highest BCUT2D eigenvalue weighted by molar-refractivity contribution is 5.94. The summed E-state index contributed by atoms with van der Waals surface area (Å²) in [7, 11) is 0. The third-order valence-electron chi connectivity index (χ3n) is 4.49. The number of carbonyl (C=O) groups is 1. The number of H-pyrrole nitrogens is 1. The number of aromatic amines is 1. The molecule has 3 aromatic heterocycles. The summed E-state index contributed by atoms with van der Waals surface area (Å²) in [4.78, 5) is 26.3. The molecular formula is C18H18N4O. The van der Waals surface area contributed by atoms with Crippen LogP contribution in [-0.2, 0) is 0 Å². The monoisotopic (exact) mass is 306 g/mol. The normalized spacial score (nSPS) is 18.3. The topological polar surface area (TPSA) is 61.9 Å². The van der Waals surface area contributed by atoms with E-state index >= 15 is 0 Å². The van der Waals surface area contributed by atoms with Gasteiger partial charge in [0.25, 0.3) is 5.91 Å². The number of likely N-dealkylation sites (tertiary alicyclic amines) is 1. The van der Waals surface area contributed by atoms with E-state index < -0.39 is 0 Å². The second kappa shape index (κ2) is 5.83. The van der Waals surface area contributed by atoms with Gasteiger partial charge in [0.15, 0.2) is 0 Å². The average molecular weight is 306 g/mol. The standard InChI is InChI=1S/C18H18N4O/c23-18(13-5-8-19-9-6-13)22-10-2-4-15(12-22)16-11-14-3-1-7-20-17(14)21-16/h1,3,5-9,11,15H,2,4,10,12H2,(H,20,21)/t15-/m1/s1. The van der Waals surface area contributed by atoms with Crippen molar-refractivity contribution in [2.24, 2.45) is 0 Å². The summed E-state index contributed by atoms with van der Waals surface area (Å²) in [5.74, 6) is 0.426. The van der Waals surface area contributed by atoms with Crippen LogP contribution in [0.25, 0.3) is 11.0 Å². The van der Waals surface area contributed by atoms with E-state index in [9.17, 15) is 4.79 Å². The highest BCUT2D eigenvalue weighted by atomic mass is 16.2. The first-order chi connectivity index (χ1) is 11.3. The Kier molecular flexibility index (Phi) is 3.54. The van der Waals surface area contributed by atoms with Crippen molar-refractivity contribution in [3.8, 4) is 0 Å². The first-order valence-corrected chi connectivity index (χ1v) is 7.94. The SMILES string of the molecule is O=C(c1ccncc1)N1CCC[C@@H](c2cc3cccnc3[nH]2)C1. The summed E-state index contributed by atoms with van der Waals surface area (Å²) in [5.41, 5.74) is 2.80. The molecule has 0 radical (unpaired) electrons.